The van der Waals surface area contributed by atoms with Gasteiger partial charge in [-0.15, -0.1) is 0 Å². The van der Waals surface area contributed by atoms with Gasteiger partial charge < -0.3 is 15.0 Å². The number of anilines is 1. The van der Waals surface area contributed by atoms with Crippen LogP contribution in [0, 0.1) is 13.8 Å². The summed E-state index contributed by atoms with van der Waals surface area (Å²) in [5.41, 5.74) is 2.70. The first-order chi connectivity index (χ1) is 13.8. The third-order valence-electron chi connectivity index (χ3n) is 5.78. The maximum atomic E-state index is 13.3. The Kier molecular flexibility index (Phi) is 6.60. The van der Waals surface area contributed by atoms with E-state index in [4.69, 9.17) is 16.3 Å². The van der Waals surface area contributed by atoms with Gasteiger partial charge in [0.2, 0.25) is 5.91 Å². The van der Waals surface area contributed by atoms with Gasteiger partial charge in [-0.2, -0.15) is 0 Å². The molecule has 29 heavy (non-hydrogen) atoms. The number of nitrogens with zero attached hydrogens (tertiary/aromatic N) is 1. The van der Waals surface area contributed by atoms with Crippen molar-refractivity contribution in [2.24, 2.45) is 0 Å². The van der Waals surface area contributed by atoms with Gasteiger partial charge in [0, 0.05) is 43.8 Å². The predicted octanol–water partition coefficient (Wildman–Crippen LogP) is 4.15. The number of carbonyl (C=O) groups excluding carboxylic acids is 2. The molecule has 0 aromatic heterocycles. The Hall–Kier alpha value is -2.37. The number of rotatable bonds is 5. The second kappa shape index (κ2) is 8.97. The summed E-state index contributed by atoms with van der Waals surface area (Å²) >= 11 is 6.12. The van der Waals surface area contributed by atoms with Crippen molar-refractivity contribution in [3.05, 3.63) is 64.2 Å². The minimum absolute atomic E-state index is 0.0939. The number of likely N-dealkylation sites (N-methyl/N-ethyl adjacent to an activating group) is 1. The van der Waals surface area contributed by atoms with Crippen molar-refractivity contribution in [2.45, 2.75) is 38.6 Å². The molecule has 3 rings (SSSR count). The summed E-state index contributed by atoms with van der Waals surface area (Å²) in [5.74, 6) is -0.268. The number of ether oxygens (including phenoxy) is 1. The van der Waals surface area contributed by atoms with Crippen molar-refractivity contribution in [3.63, 3.8) is 0 Å². The lowest BCUT2D eigenvalue weighted by atomic mass is 9.86. The van der Waals surface area contributed by atoms with E-state index in [1.54, 1.807) is 11.9 Å². The van der Waals surface area contributed by atoms with Crippen molar-refractivity contribution >= 4 is 29.1 Å². The molecular formula is C23H27ClN2O3. The van der Waals surface area contributed by atoms with Crippen molar-refractivity contribution in [1.29, 1.82) is 0 Å². The summed E-state index contributed by atoms with van der Waals surface area (Å²) in [7, 11) is 1.72. The van der Waals surface area contributed by atoms with Crippen LogP contribution in [0.3, 0.4) is 0 Å². The average Bonchev–Trinajstić information content (AvgIpc) is 2.71. The summed E-state index contributed by atoms with van der Waals surface area (Å²) in [4.78, 5) is 28.1. The highest BCUT2D eigenvalue weighted by Gasteiger charge is 2.45. The molecule has 2 aromatic carbocycles. The molecule has 0 radical (unpaired) electrons. The number of amides is 2. The fourth-order valence-corrected chi connectivity index (χ4v) is 4.25. The van der Waals surface area contributed by atoms with Crippen LogP contribution in [0.5, 0.6) is 0 Å². The fourth-order valence-electron chi connectivity index (χ4n) is 3.92. The predicted molar refractivity (Wildman–Crippen MR) is 115 cm³/mol. The second-order valence-electron chi connectivity index (χ2n) is 7.61. The first kappa shape index (κ1) is 21.3. The van der Waals surface area contributed by atoms with Gasteiger partial charge in [0.25, 0.3) is 5.91 Å². The van der Waals surface area contributed by atoms with Crippen LogP contribution in [0.25, 0.3) is 0 Å². The van der Waals surface area contributed by atoms with E-state index >= 15 is 0 Å². The number of para-hydroxylation sites is 1. The lowest BCUT2D eigenvalue weighted by molar-refractivity contribution is -0.148. The van der Waals surface area contributed by atoms with Gasteiger partial charge in [0.1, 0.15) is 5.54 Å². The zero-order valence-corrected chi connectivity index (χ0v) is 17.9. The van der Waals surface area contributed by atoms with Crippen LogP contribution in [0.4, 0.5) is 5.69 Å². The van der Waals surface area contributed by atoms with E-state index in [2.05, 4.69) is 5.32 Å². The van der Waals surface area contributed by atoms with Crippen molar-refractivity contribution in [2.75, 3.05) is 25.6 Å². The Morgan fingerprint density at radius 2 is 1.69 bits per heavy atom. The van der Waals surface area contributed by atoms with Gasteiger partial charge in [-0.05, 0) is 54.8 Å². The fraction of sp³-hybridized carbons (Fsp3) is 0.391. The molecule has 1 heterocycles. The molecule has 154 valence electrons. The van der Waals surface area contributed by atoms with Gasteiger partial charge in [-0.1, -0.05) is 29.8 Å². The molecule has 0 atom stereocenters. The SMILES string of the molecule is Cc1cc(Cl)cc(C)c1CC(=O)N(C)C1(C(=O)Nc2ccccc2)CCOCC1. The van der Waals surface area contributed by atoms with E-state index < -0.39 is 5.54 Å². The molecule has 1 fully saturated rings. The third kappa shape index (κ3) is 4.62. The highest BCUT2D eigenvalue weighted by Crippen LogP contribution is 2.30. The molecule has 0 saturated carbocycles. The number of hydrogen-bond donors (Lipinski definition) is 1. The summed E-state index contributed by atoms with van der Waals surface area (Å²) in [5, 5.41) is 3.64. The van der Waals surface area contributed by atoms with Crippen LogP contribution in [0.15, 0.2) is 42.5 Å². The van der Waals surface area contributed by atoms with E-state index in [-0.39, 0.29) is 18.2 Å². The van der Waals surface area contributed by atoms with Gasteiger partial charge in [0.15, 0.2) is 0 Å². The monoisotopic (exact) mass is 414 g/mol. The summed E-state index contributed by atoms with van der Waals surface area (Å²) in [6, 6.07) is 13.0. The minimum Gasteiger partial charge on any atom is -0.381 e. The van der Waals surface area contributed by atoms with Crippen molar-refractivity contribution in [1.82, 2.24) is 4.90 Å². The van der Waals surface area contributed by atoms with E-state index in [0.29, 0.717) is 36.8 Å². The van der Waals surface area contributed by atoms with E-state index in [1.807, 2.05) is 56.3 Å². The molecule has 6 heteroatoms. The van der Waals surface area contributed by atoms with Crippen LogP contribution in [0.1, 0.15) is 29.5 Å². The van der Waals surface area contributed by atoms with Crippen molar-refractivity contribution in [3.8, 4) is 0 Å². The molecule has 2 amide bonds. The smallest absolute Gasteiger partial charge is 0.250 e. The van der Waals surface area contributed by atoms with Gasteiger partial charge in [-0.25, -0.2) is 0 Å². The lowest BCUT2D eigenvalue weighted by Gasteiger charge is -2.43. The van der Waals surface area contributed by atoms with Gasteiger partial charge in [0.05, 0.1) is 6.42 Å². The van der Waals surface area contributed by atoms with E-state index in [1.165, 1.54) is 0 Å². The highest BCUT2D eigenvalue weighted by molar-refractivity contribution is 6.30. The average molecular weight is 415 g/mol. The number of benzene rings is 2. The zero-order valence-electron chi connectivity index (χ0n) is 17.1. The molecule has 0 spiro atoms. The molecule has 0 unspecified atom stereocenters. The highest BCUT2D eigenvalue weighted by atomic mass is 35.5. The quantitative estimate of drug-likeness (QED) is 0.799. The largest absolute Gasteiger partial charge is 0.381 e. The Bertz CT molecular complexity index is 869. The van der Waals surface area contributed by atoms with Crippen LogP contribution in [-0.4, -0.2) is 42.5 Å². The second-order valence-corrected chi connectivity index (χ2v) is 8.05. The lowest BCUT2D eigenvalue weighted by Crippen LogP contribution is -2.60. The minimum atomic E-state index is -0.931. The van der Waals surface area contributed by atoms with Gasteiger partial charge in [-0.3, -0.25) is 9.59 Å². The molecule has 0 aliphatic carbocycles. The summed E-state index contributed by atoms with van der Waals surface area (Å²) < 4.78 is 5.49. The summed E-state index contributed by atoms with van der Waals surface area (Å²) in [6.45, 7) is 4.79. The normalized spacial score (nSPS) is 15.6. The Morgan fingerprint density at radius 3 is 2.28 bits per heavy atom. The number of nitrogens with one attached hydrogen (secondary N) is 1. The Balaban J connectivity index is 1.84. The van der Waals surface area contributed by atoms with Crippen LogP contribution < -0.4 is 5.32 Å². The molecule has 1 saturated heterocycles. The van der Waals surface area contributed by atoms with E-state index in [0.717, 1.165) is 16.7 Å². The first-order valence-corrected chi connectivity index (χ1v) is 10.2. The Labute approximate surface area is 177 Å². The number of hydrogen-bond acceptors (Lipinski definition) is 3. The standard InChI is InChI=1S/C23H27ClN2O3/c1-16-13-18(24)14-17(2)20(16)15-21(27)26(3)23(9-11-29-12-10-23)22(28)25-19-7-5-4-6-8-19/h4-8,13-14H,9-12,15H2,1-3H3,(H,25,28). The number of aryl methyl sites for hydroxylation is 2. The maximum absolute atomic E-state index is 13.3. The molecular weight excluding hydrogens is 388 g/mol. The molecule has 5 nitrogen and oxygen atoms in total. The maximum Gasteiger partial charge on any atom is 0.250 e. The molecule has 1 aliphatic rings. The first-order valence-electron chi connectivity index (χ1n) is 9.80. The van der Waals surface area contributed by atoms with Crippen LogP contribution >= 0.6 is 11.6 Å². The molecule has 2 aromatic rings. The van der Waals surface area contributed by atoms with Gasteiger partial charge >= 0.3 is 0 Å². The van der Waals surface area contributed by atoms with Crippen LogP contribution in [0.2, 0.25) is 5.02 Å². The third-order valence-corrected chi connectivity index (χ3v) is 6.00. The zero-order chi connectivity index (χ0) is 21.0. The molecule has 0 bridgehead atoms. The molecule has 1 aliphatic heterocycles. The molecule has 1 N–H and O–H groups in total. The number of halogens is 1. The number of carbonyl (C=O) groups is 2. The van der Waals surface area contributed by atoms with Crippen LogP contribution in [-0.2, 0) is 20.7 Å². The van der Waals surface area contributed by atoms with E-state index in [9.17, 15) is 9.59 Å². The summed E-state index contributed by atoms with van der Waals surface area (Å²) in [6.07, 6.45) is 1.16. The Morgan fingerprint density at radius 1 is 1.10 bits per heavy atom. The topological polar surface area (TPSA) is 58.6 Å². The van der Waals surface area contributed by atoms with Crippen molar-refractivity contribution < 1.29 is 14.3 Å².